The van der Waals surface area contributed by atoms with Crippen molar-refractivity contribution in [1.29, 1.82) is 0 Å². The molecule has 1 heterocycles. The van der Waals surface area contributed by atoms with E-state index >= 15 is 0 Å². The van der Waals surface area contributed by atoms with Crippen molar-refractivity contribution in [3.05, 3.63) is 29.3 Å². The number of benzene rings is 1. The predicted octanol–water partition coefficient (Wildman–Crippen LogP) is -0.672. The van der Waals surface area contributed by atoms with Gasteiger partial charge in [0.15, 0.2) is 0 Å². The molecule has 2 amide bonds. The molecule has 13 heavy (non-hydrogen) atoms. The van der Waals surface area contributed by atoms with Crippen molar-refractivity contribution >= 4 is 17.5 Å². The Morgan fingerprint density at radius 2 is 1.69 bits per heavy atom. The number of nitrogens with one attached hydrogen (secondary N) is 1. The van der Waals surface area contributed by atoms with E-state index in [9.17, 15) is 9.59 Å². The number of carbonyl (C=O) groups is 2. The van der Waals surface area contributed by atoms with Gasteiger partial charge in [0.1, 0.15) is 0 Å². The molecular formula is C8H8N2O3. The molecule has 0 aromatic heterocycles. The number of carbonyl (C=O) groups excluding carboxylic acids is 2. The lowest BCUT2D eigenvalue weighted by atomic mass is 10.1. The SMILES string of the molecule is Nc1ccc2c(c1)C(=O)NC2=O.O. The van der Waals surface area contributed by atoms with E-state index in [0.29, 0.717) is 16.8 Å². The molecule has 1 aliphatic rings. The molecule has 0 saturated carbocycles. The van der Waals surface area contributed by atoms with Crippen molar-refractivity contribution in [3.8, 4) is 0 Å². The topological polar surface area (TPSA) is 104 Å². The maximum Gasteiger partial charge on any atom is 0.259 e. The fraction of sp³-hybridized carbons (Fsp3) is 0. The normalized spacial score (nSPS) is 13.2. The second-order valence-corrected chi connectivity index (χ2v) is 2.59. The molecule has 0 saturated heterocycles. The fourth-order valence-electron chi connectivity index (χ4n) is 1.19. The summed E-state index contributed by atoms with van der Waals surface area (Å²) in [6.45, 7) is 0. The first kappa shape index (κ1) is 9.21. The van der Waals surface area contributed by atoms with Gasteiger partial charge in [0, 0.05) is 5.69 Å². The lowest BCUT2D eigenvalue weighted by Crippen LogP contribution is -2.19. The van der Waals surface area contributed by atoms with Crippen LogP contribution in [0.4, 0.5) is 5.69 Å². The lowest BCUT2D eigenvalue weighted by molar-refractivity contribution is 0.0879. The molecule has 0 spiro atoms. The highest BCUT2D eigenvalue weighted by atomic mass is 16.2. The molecule has 0 aliphatic carbocycles. The fourth-order valence-corrected chi connectivity index (χ4v) is 1.19. The van der Waals surface area contributed by atoms with E-state index in [0.717, 1.165) is 0 Å². The highest BCUT2D eigenvalue weighted by Crippen LogP contribution is 2.17. The Kier molecular flexibility index (Phi) is 2.03. The number of amides is 2. The Balaban J connectivity index is 0.000000845. The van der Waals surface area contributed by atoms with Crippen molar-refractivity contribution in [2.75, 3.05) is 5.73 Å². The van der Waals surface area contributed by atoms with Gasteiger partial charge in [0.2, 0.25) is 0 Å². The lowest BCUT2D eigenvalue weighted by Gasteiger charge is -1.94. The maximum atomic E-state index is 11.0. The van der Waals surface area contributed by atoms with E-state index in [1.807, 2.05) is 0 Å². The third kappa shape index (κ3) is 1.25. The second-order valence-electron chi connectivity index (χ2n) is 2.59. The Morgan fingerprint density at radius 3 is 2.38 bits per heavy atom. The molecule has 1 aliphatic heterocycles. The number of imide groups is 1. The van der Waals surface area contributed by atoms with Crippen LogP contribution in [0.2, 0.25) is 0 Å². The number of fused-ring (bicyclic) bond motifs is 1. The molecule has 1 aromatic rings. The van der Waals surface area contributed by atoms with Gasteiger partial charge in [0.25, 0.3) is 11.8 Å². The zero-order chi connectivity index (χ0) is 8.72. The highest BCUT2D eigenvalue weighted by molar-refractivity contribution is 6.21. The van der Waals surface area contributed by atoms with Gasteiger partial charge in [0.05, 0.1) is 11.1 Å². The first-order valence-electron chi connectivity index (χ1n) is 3.43. The molecule has 68 valence electrons. The molecule has 5 heteroatoms. The van der Waals surface area contributed by atoms with Crippen LogP contribution in [0, 0.1) is 0 Å². The van der Waals surface area contributed by atoms with Gasteiger partial charge < -0.3 is 11.2 Å². The van der Waals surface area contributed by atoms with Crippen LogP contribution in [0.15, 0.2) is 18.2 Å². The summed E-state index contributed by atoms with van der Waals surface area (Å²) in [7, 11) is 0. The van der Waals surface area contributed by atoms with Gasteiger partial charge in [-0.05, 0) is 18.2 Å². The number of nitrogens with two attached hydrogens (primary N) is 1. The van der Waals surface area contributed by atoms with E-state index in [1.165, 1.54) is 6.07 Å². The largest absolute Gasteiger partial charge is 0.412 e. The monoisotopic (exact) mass is 180 g/mol. The van der Waals surface area contributed by atoms with Crippen molar-refractivity contribution in [2.24, 2.45) is 0 Å². The van der Waals surface area contributed by atoms with Gasteiger partial charge >= 0.3 is 0 Å². The first-order valence-corrected chi connectivity index (χ1v) is 3.43. The Morgan fingerprint density at radius 1 is 1.08 bits per heavy atom. The molecule has 5 N–H and O–H groups in total. The van der Waals surface area contributed by atoms with Crippen LogP contribution in [0.3, 0.4) is 0 Å². The summed E-state index contributed by atoms with van der Waals surface area (Å²) in [5.74, 6) is -0.725. The van der Waals surface area contributed by atoms with Crippen LogP contribution in [-0.4, -0.2) is 17.3 Å². The van der Waals surface area contributed by atoms with E-state index in [4.69, 9.17) is 5.73 Å². The summed E-state index contributed by atoms with van der Waals surface area (Å²) in [4.78, 5) is 22.1. The summed E-state index contributed by atoms with van der Waals surface area (Å²) < 4.78 is 0. The molecule has 0 bridgehead atoms. The molecule has 5 nitrogen and oxygen atoms in total. The molecule has 0 fully saturated rings. The van der Waals surface area contributed by atoms with E-state index in [1.54, 1.807) is 12.1 Å². The minimum Gasteiger partial charge on any atom is -0.412 e. The van der Waals surface area contributed by atoms with Gasteiger partial charge in [-0.1, -0.05) is 0 Å². The minimum atomic E-state index is -0.373. The zero-order valence-corrected chi connectivity index (χ0v) is 6.63. The molecule has 0 radical (unpaired) electrons. The molecule has 0 atom stereocenters. The first-order chi connectivity index (χ1) is 5.68. The Labute approximate surface area is 73.8 Å². The quantitative estimate of drug-likeness (QED) is 0.408. The van der Waals surface area contributed by atoms with Crippen molar-refractivity contribution in [3.63, 3.8) is 0 Å². The highest BCUT2D eigenvalue weighted by Gasteiger charge is 2.25. The molecular weight excluding hydrogens is 172 g/mol. The summed E-state index contributed by atoms with van der Waals surface area (Å²) in [6.07, 6.45) is 0. The van der Waals surface area contributed by atoms with Gasteiger partial charge in [-0.15, -0.1) is 0 Å². The van der Waals surface area contributed by atoms with Crippen LogP contribution in [0.1, 0.15) is 20.7 Å². The standard InChI is InChI=1S/C8H6N2O2.H2O/c9-4-1-2-5-6(3-4)8(12)10-7(5)11;/h1-3H,9H2,(H,10,11,12);1H2. The van der Waals surface area contributed by atoms with Crippen LogP contribution in [0.5, 0.6) is 0 Å². The second kappa shape index (κ2) is 2.87. The number of anilines is 1. The van der Waals surface area contributed by atoms with Crippen molar-refractivity contribution in [1.82, 2.24) is 5.32 Å². The number of rotatable bonds is 0. The average Bonchev–Trinajstić information content (AvgIpc) is 2.28. The van der Waals surface area contributed by atoms with Gasteiger partial charge in [-0.25, -0.2) is 0 Å². The molecule has 0 unspecified atom stereocenters. The zero-order valence-electron chi connectivity index (χ0n) is 6.63. The minimum absolute atomic E-state index is 0. The Hall–Kier alpha value is -1.88. The van der Waals surface area contributed by atoms with E-state index < -0.39 is 0 Å². The van der Waals surface area contributed by atoms with Crippen LogP contribution in [-0.2, 0) is 0 Å². The summed E-state index contributed by atoms with van der Waals surface area (Å²) in [5.41, 5.74) is 6.69. The smallest absolute Gasteiger partial charge is 0.259 e. The summed E-state index contributed by atoms with van der Waals surface area (Å²) in [6, 6.07) is 4.64. The van der Waals surface area contributed by atoms with Crippen LogP contribution in [0.25, 0.3) is 0 Å². The molecule has 1 aromatic carbocycles. The van der Waals surface area contributed by atoms with Crippen LogP contribution >= 0.6 is 0 Å². The third-order valence-corrected chi connectivity index (χ3v) is 1.76. The van der Waals surface area contributed by atoms with Crippen LogP contribution < -0.4 is 11.1 Å². The Bertz CT molecular complexity index is 387. The van der Waals surface area contributed by atoms with Gasteiger partial charge in [-0.3, -0.25) is 14.9 Å². The van der Waals surface area contributed by atoms with Crippen molar-refractivity contribution < 1.29 is 15.1 Å². The third-order valence-electron chi connectivity index (χ3n) is 1.76. The summed E-state index contributed by atoms with van der Waals surface area (Å²) >= 11 is 0. The van der Waals surface area contributed by atoms with E-state index in [2.05, 4.69) is 5.32 Å². The predicted molar refractivity (Wildman–Crippen MR) is 46.3 cm³/mol. The average molecular weight is 180 g/mol. The van der Waals surface area contributed by atoms with E-state index in [-0.39, 0.29) is 17.3 Å². The maximum absolute atomic E-state index is 11.0. The molecule has 2 rings (SSSR count). The summed E-state index contributed by atoms with van der Waals surface area (Å²) in [5, 5.41) is 2.18. The number of nitrogen functional groups attached to an aromatic ring is 1. The number of hydrogen-bond donors (Lipinski definition) is 2. The van der Waals surface area contributed by atoms with Gasteiger partial charge in [-0.2, -0.15) is 0 Å². The van der Waals surface area contributed by atoms with Crippen molar-refractivity contribution in [2.45, 2.75) is 0 Å². The number of hydrogen-bond acceptors (Lipinski definition) is 3.